The Labute approximate surface area is 124 Å². The number of carbonyl (C=O) groups is 1. The molecule has 3 N–H and O–H groups in total. The summed E-state index contributed by atoms with van der Waals surface area (Å²) in [6, 6.07) is 7.12. The zero-order chi connectivity index (χ0) is 14.4. The lowest BCUT2D eigenvalue weighted by Crippen LogP contribution is -2.48. The Morgan fingerprint density at radius 3 is 2.95 bits per heavy atom. The molecule has 5 heteroatoms. The first-order chi connectivity index (χ1) is 9.65. The number of rotatable bonds is 4. The van der Waals surface area contributed by atoms with E-state index in [1.165, 1.54) is 6.42 Å². The molecule has 2 unspecified atom stereocenters. The van der Waals surface area contributed by atoms with Crippen LogP contribution in [0.15, 0.2) is 24.3 Å². The minimum atomic E-state index is -0.132. The molecule has 1 amide bonds. The van der Waals surface area contributed by atoms with Gasteiger partial charge in [0.15, 0.2) is 6.61 Å². The predicted octanol–water partition coefficient (Wildman–Crippen LogP) is 2.50. The molecular weight excluding hydrogens is 276 g/mol. The van der Waals surface area contributed by atoms with Crippen LogP contribution in [0.2, 0.25) is 5.02 Å². The lowest BCUT2D eigenvalue weighted by Gasteiger charge is -2.22. The van der Waals surface area contributed by atoms with Gasteiger partial charge in [0, 0.05) is 17.1 Å². The van der Waals surface area contributed by atoms with Crippen LogP contribution >= 0.6 is 11.6 Å². The second-order valence-electron chi connectivity index (χ2n) is 5.22. The van der Waals surface area contributed by atoms with Gasteiger partial charge in [-0.15, -0.1) is 0 Å². The van der Waals surface area contributed by atoms with E-state index in [0.717, 1.165) is 25.7 Å². The number of nitrogens with two attached hydrogens (primary N) is 1. The zero-order valence-electron chi connectivity index (χ0n) is 11.5. The average molecular weight is 297 g/mol. The Balaban J connectivity index is 1.80. The first-order valence-electron chi connectivity index (χ1n) is 7.08. The maximum Gasteiger partial charge on any atom is 0.258 e. The molecule has 1 aliphatic rings. The zero-order valence-corrected chi connectivity index (χ0v) is 12.2. The van der Waals surface area contributed by atoms with Gasteiger partial charge in [0.2, 0.25) is 0 Å². The summed E-state index contributed by atoms with van der Waals surface area (Å²) in [4.78, 5) is 11.9. The maximum atomic E-state index is 11.9. The van der Waals surface area contributed by atoms with Gasteiger partial charge in [-0.3, -0.25) is 4.79 Å². The fourth-order valence-corrected chi connectivity index (χ4v) is 2.65. The molecule has 0 radical (unpaired) electrons. The molecular formula is C15H21ClN2O2. The molecule has 1 aromatic carbocycles. The monoisotopic (exact) mass is 296 g/mol. The largest absolute Gasteiger partial charge is 0.484 e. The van der Waals surface area contributed by atoms with Crippen LogP contribution in [0, 0.1) is 0 Å². The Kier molecular flexibility index (Phi) is 5.68. The summed E-state index contributed by atoms with van der Waals surface area (Å²) in [5.74, 6) is 0.463. The van der Waals surface area contributed by atoms with Crippen molar-refractivity contribution in [2.75, 3.05) is 6.61 Å². The Morgan fingerprint density at radius 1 is 1.35 bits per heavy atom. The van der Waals surface area contributed by atoms with E-state index >= 15 is 0 Å². The molecule has 2 atom stereocenters. The maximum absolute atomic E-state index is 11.9. The lowest BCUT2D eigenvalue weighted by atomic mass is 10.0. The van der Waals surface area contributed by atoms with Crippen molar-refractivity contribution in [2.24, 2.45) is 5.73 Å². The average Bonchev–Trinajstić information content (AvgIpc) is 2.62. The number of amides is 1. The van der Waals surface area contributed by atoms with Crippen LogP contribution < -0.4 is 15.8 Å². The number of hydrogen-bond donors (Lipinski definition) is 2. The van der Waals surface area contributed by atoms with Gasteiger partial charge in [-0.1, -0.05) is 36.9 Å². The number of ether oxygens (including phenoxy) is 1. The van der Waals surface area contributed by atoms with Gasteiger partial charge in [0.1, 0.15) is 5.75 Å². The van der Waals surface area contributed by atoms with Crippen LogP contribution in [0.1, 0.15) is 32.1 Å². The molecule has 2 rings (SSSR count). The van der Waals surface area contributed by atoms with E-state index in [4.69, 9.17) is 22.1 Å². The van der Waals surface area contributed by atoms with Crippen LogP contribution in [0.3, 0.4) is 0 Å². The normalized spacial score (nSPS) is 22.9. The predicted molar refractivity (Wildman–Crippen MR) is 79.9 cm³/mol. The molecule has 0 spiro atoms. The van der Waals surface area contributed by atoms with Crippen LogP contribution in [0.25, 0.3) is 0 Å². The van der Waals surface area contributed by atoms with Crippen molar-refractivity contribution in [1.82, 2.24) is 5.32 Å². The Morgan fingerprint density at radius 2 is 2.15 bits per heavy atom. The van der Waals surface area contributed by atoms with Crippen molar-refractivity contribution in [3.63, 3.8) is 0 Å². The van der Waals surface area contributed by atoms with Crippen LogP contribution in [0.4, 0.5) is 0 Å². The summed E-state index contributed by atoms with van der Waals surface area (Å²) >= 11 is 5.86. The third kappa shape index (κ3) is 4.69. The Hall–Kier alpha value is -1.26. The minimum absolute atomic E-state index is 0.0104. The molecule has 110 valence electrons. The fraction of sp³-hybridized carbons (Fsp3) is 0.533. The molecule has 1 aliphatic carbocycles. The van der Waals surface area contributed by atoms with Gasteiger partial charge in [-0.25, -0.2) is 0 Å². The Bertz CT molecular complexity index is 453. The molecule has 1 aromatic rings. The van der Waals surface area contributed by atoms with Gasteiger partial charge >= 0.3 is 0 Å². The molecule has 0 bridgehead atoms. The quantitative estimate of drug-likeness (QED) is 0.839. The SMILES string of the molecule is NC1CCCCCC1NC(=O)COc1cccc(Cl)c1. The number of benzene rings is 1. The third-order valence-electron chi connectivity index (χ3n) is 3.58. The summed E-state index contributed by atoms with van der Waals surface area (Å²) in [5, 5.41) is 3.56. The number of carbonyl (C=O) groups excluding carboxylic acids is 1. The van der Waals surface area contributed by atoms with E-state index < -0.39 is 0 Å². The summed E-state index contributed by atoms with van der Waals surface area (Å²) in [6.45, 7) is -0.0104. The summed E-state index contributed by atoms with van der Waals surface area (Å²) in [7, 11) is 0. The molecule has 0 saturated heterocycles. The van der Waals surface area contributed by atoms with Crippen molar-refractivity contribution in [2.45, 2.75) is 44.2 Å². The highest BCUT2D eigenvalue weighted by Gasteiger charge is 2.21. The summed E-state index contributed by atoms with van der Waals surface area (Å²) < 4.78 is 5.42. The van der Waals surface area contributed by atoms with Gasteiger partial charge in [-0.2, -0.15) is 0 Å². The first-order valence-corrected chi connectivity index (χ1v) is 7.46. The van der Waals surface area contributed by atoms with Crippen molar-refractivity contribution in [3.8, 4) is 5.75 Å². The second kappa shape index (κ2) is 7.50. The van der Waals surface area contributed by atoms with Crippen LogP contribution in [0.5, 0.6) is 5.75 Å². The third-order valence-corrected chi connectivity index (χ3v) is 3.82. The van der Waals surface area contributed by atoms with E-state index in [9.17, 15) is 4.79 Å². The van der Waals surface area contributed by atoms with Crippen molar-refractivity contribution in [3.05, 3.63) is 29.3 Å². The van der Waals surface area contributed by atoms with Crippen LogP contribution in [-0.4, -0.2) is 24.6 Å². The standard InChI is InChI=1S/C15H21ClN2O2/c16-11-5-4-6-12(9-11)20-10-15(19)18-14-8-3-1-2-7-13(14)17/h4-6,9,13-14H,1-3,7-8,10,17H2,(H,18,19). The van der Waals surface area contributed by atoms with Gasteiger partial charge in [0.05, 0.1) is 0 Å². The van der Waals surface area contributed by atoms with Crippen molar-refractivity contribution < 1.29 is 9.53 Å². The second-order valence-corrected chi connectivity index (χ2v) is 5.66. The highest BCUT2D eigenvalue weighted by molar-refractivity contribution is 6.30. The first kappa shape index (κ1) is 15.1. The molecule has 0 heterocycles. The molecule has 20 heavy (non-hydrogen) atoms. The van der Waals surface area contributed by atoms with Gasteiger partial charge in [0.25, 0.3) is 5.91 Å². The van der Waals surface area contributed by atoms with Gasteiger partial charge in [-0.05, 0) is 31.0 Å². The van der Waals surface area contributed by atoms with E-state index in [-0.39, 0.29) is 24.6 Å². The van der Waals surface area contributed by atoms with Crippen LogP contribution in [-0.2, 0) is 4.79 Å². The highest BCUT2D eigenvalue weighted by atomic mass is 35.5. The molecule has 0 aromatic heterocycles. The smallest absolute Gasteiger partial charge is 0.258 e. The van der Waals surface area contributed by atoms with E-state index in [0.29, 0.717) is 10.8 Å². The molecule has 0 aliphatic heterocycles. The van der Waals surface area contributed by atoms with E-state index in [2.05, 4.69) is 5.32 Å². The van der Waals surface area contributed by atoms with E-state index in [1.807, 2.05) is 0 Å². The summed E-state index contributed by atoms with van der Waals surface area (Å²) in [6.07, 6.45) is 5.38. The minimum Gasteiger partial charge on any atom is -0.484 e. The lowest BCUT2D eigenvalue weighted by molar-refractivity contribution is -0.124. The molecule has 1 fully saturated rings. The highest BCUT2D eigenvalue weighted by Crippen LogP contribution is 2.18. The van der Waals surface area contributed by atoms with Gasteiger partial charge < -0.3 is 15.8 Å². The van der Waals surface area contributed by atoms with Crippen molar-refractivity contribution in [1.29, 1.82) is 0 Å². The van der Waals surface area contributed by atoms with Crippen molar-refractivity contribution >= 4 is 17.5 Å². The number of halogens is 1. The molecule has 4 nitrogen and oxygen atoms in total. The summed E-state index contributed by atoms with van der Waals surface area (Å²) in [5.41, 5.74) is 6.08. The number of nitrogens with one attached hydrogen (secondary N) is 1. The molecule has 1 saturated carbocycles. The fourth-order valence-electron chi connectivity index (χ4n) is 2.47. The van der Waals surface area contributed by atoms with E-state index in [1.54, 1.807) is 24.3 Å². The number of hydrogen-bond acceptors (Lipinski definition) is 3. The topological polar surface area (TPSA) is 64.3 Å².